The highest BCUT2D eigenvalue weighted by molar-refractivity contribution is 5.69. The summed E-state index contributed by atoms with van der Waals surface area (Å²) in [6.45, 7) is 5.02. The minimum absolute atomic E-state index is 0.117. The molecule has 148 valence electrons. The molecule has 2 aliphatic rings. The van der Waals surface area contributed by atoms with Crippen LogP contribution in [0.4, 0.5) is 5.69 Å². The van der Waals surface area contributed by atoms with Gasteiger partial charge in [-0.15, -0.1) is 0 Å². The van der Waals surface area contributed by atoms with E-state index in [0.717, 1.165) is 30.3 Å². The Labute approximate surface area is 172 Å². The number of hydrogen-bond donors (Lipinski definition) is 0. The van der Waals surface area contributed by atoms with Gasteiger partial charge in [0.2, 0.25) is 0 Å². The van der Waals surface area contributed by atoms with E-state index in [1.807, 2.05) is 36.4 Å². The average Bonchev–Trinajstić information content (AvgIpc) is 3.28. The minimum atomic E-state index is -0.117. The lowest BCUT2D eigenvalue weighted by Gasteiger charge is -2.25. The van der Waals surface area contributed by atoms with E-state index in [1.165, 1.54) is 36.1 Å². The van der Waals surface area contributed by atoms with Crippen molar-refractivity contribution >= 4 is 5.69 Å². The van der Waals surface area contributed by atoms with E-state index < -0.39 is 0 Å². The normalized spacial score (nSPS) is 19.1. The molecule has 0 saturated heterocycles. The van der Waals surface area contributed by atoms with Gasteiger partial charge in [-0.25, -0.2) is 0 Å². The Morgan fingerprint density at radius 1 is 0.897 bits per heavy atom. The van der Waals surface area contributed by atoms with Crippen molar-refractivity contribution in [2.24, 2.45) is 0 Å². The minimum Gasteiger partial charge on any atom is -0.492 e. The van der Waals surface area contributed by atoms with E-state index in [9.17, 15) is 0 Å². The number of rotatable bonds is 6. The molecule has 3 aromatic carbocycles. The molecule has 0 N–H and O–H groups in total. The molecule has 5 rings (SSSR count). The summed E-state index contributed by atoms with van der Waals surface area (Å²) >= 11 is 0. The third kappa shape index (κ3) is 3.15. The Bertz CT molecular complexity index is 1000. The standard InChI is InChI=1S/C26H27NO2/c1-2-3-9-16-27-18-26(22-12-7-8-13-24(22)27)19-28-25-15-14-21(17-23(25)26)29-20-10-5-4-6-11-20/h4-8,10-15,17H,2-3,9,16,18-19H2,1H3. The van der Waals surface area contributed by atoms with Crippen LogP contribution in [0.1, 0.15) is 37.3 Å². The van der Waals surface area contributed by atoms with Gasteiger partial charge in [0, 0.05) is 24.3 Å². The predicted molar refractivity (Wildman–Crippen MR) is 117 cm³/mol. The van der Waals surface area contributed by atoms with Crippen LogP contribution in [-0.2, 0) is 5.41 Å². The summed E-state index contributed by atoms with van der Waals surface area (Å²) in [5, 5.41) is 0. The third-order valence-corrected chi connectivity index (χ3v) is 6.17. The zero-order valence-corrected chi connectivity index (χ0v) is 16.9. The molecule has 2 aliphatic heterocycles. The van der Waals surface area contributed by atoms with Gasteiger partial charge in [0.05, 0.1) is 5.41 Å². The summed E-state index contributed by atoms with van der Waals surface area (Å²) in [6.07, 6.45) is 3.74. The van der Waals surface area contributed by atoms with Gasteiger partial charge in [-0.3, -0.25) is 0 Å². The Morgan fingerprint density at radius 2 is 1.72 bits per heavy atom. The number of unbranched alkanes of at least 4 members (excludes halogenated alkanes) is 2. The first-order chi connectivity index (χ1) is 14.3. The quantitative estimate of drug-likeness (QED) is 0.474. The molecule has 1 atom stereocenters. The highest BCUT2D eigenvalue weighted by Gasteiger charge is 2.49. The smallest absolute Gasteiger partial charge is 0.128 e. The molecule has 1 unspecified atom stereocenters. The Morgan fingerprint density at radius 3 is 2.59 bits per heavy atom. The molecule has 0 amide bonds. The predicted octanol–water partition coefficient (Wildman–Crippen LogP) is 6.17. The third-order valence-electron chi connectivity index (χ3n) is 6.17. The summed E-state index contributed by atoms with van der Waals surface area (Å²) < 4.78 is 12.3. The zero-order valence-electron chi connectivity index (χ0n) is 16.9. The molecule has 0 saturated carbocycles. The van der Waals surface area contributed by atoms with Crippen LogP contribution in [0.3, 0.4) is 0 Å². The molecule has 0 bridgehead atoms. The molecule has 3 heteroatoms. The van der Waals surface area contributed by atoms with Crippen LogP contribution in [0.5, 0.6) is 17.2 Å². The molecule has 0 aliphatic carbocycles. The van der Waals surface area contributed by atoms with E-state index in [1.54, 1.807) is 0 Å². The molecule has 0 fully saturated rings. The van der Waals surface area contributed by atoms with Gasteiger partial charge < -0.3 is 14.4 Å². The fourth-order valence-electron chi connectivity index (χ4n) is 4.73. The molecule has 3 nitrogen and oxygen atoms in total. The molecule has 2 heterocycles. The fraction of sp³-hybridized carbons (Fsp3) is 0.308. The van der Waals surface area contributed by atoms with E-state index in [0.29, 0.717) is 6.61 Å². The lowest BCUT2D eigenvalue weighted by atomic mass is 9.78. The number of nitrogens with zero attached hydrogens (tertiary/aromatic N) is 1. The number of hydrogen-bond acceptors (Lipinski definition) is 3. The van der Waals surface area contributed by atoms with Crippen molar-refractivity contribution in [3.05, 3.63) is 83.9 Å². The monoisotopic (exact) mass is 385 g/mol. The van der Waals surface area contributed by atoms with E-state index in [-0.39, 0.29) is 5.41 Å². The molecular formula is C26H27NO2. The van der Waals surface area contributed by atoms with Crippen molar-refractivity contribution < 1.29 is 9.47 Å². The van der Waals surface area contributed by atoms with Crippen molar-refractivity contribution in [3.8, 4) is 17.2 Å². The van der Waals surface area contributed by atoms with Gasteiger partial charge >= 0.3 is 0 Å². The van der Waals surface area contributed by atoms with Crippen LogP contribution < -0.4 is 14.4 Å². The van der Waals surface area contributed by atoms with Crippen LogP contribution in [0.25, 0.3) is 0 Å². The highest BCUT2D eigenvalue weighted by atomic mass is 16.5. The summed E-state index contributed by atoms with van der Waals surface area (Å²) in [5.74, 6) is 2.70. The second-order valence-corrected chi connectivity index (χ2v) is 8.09. The van der Waals surface area contributed by atoms with Crippen molar-refractivity contribution in [1.29, 1.82) is 0 Å². The SMILES string of the molecule is CCCCCN1CC2(COc3ccc(Oc4ccccc4)cc32)c2ccccc21. The van der Waals surface area contributed by atoms with Crippen molar-refractivity contribution in [2.75, 3.05) is 24.6 Å². The average molecular weight is 386 g/mol. The maximum Gasteiger partial charge on any atom is 0.128 e. The Kier molecular flexibility index (Phi) is 4.67. The van der Waals surface area contributed by atoms with Gasteiger partial charge in [0.1, 0.15) is 23.9 Å². The summed E-state index contributed by atoms with van der Waals surface area (Å²) in [6, 6.07) is 25.0. The molecule has 0 aromatic heterocycles. The second kappa shape index (κ2) is 7.47. The number of benzene rings is 3. The lowest BCUT2D eigenvalue weighted by molar-refractivity contribution is 0.299. The Balaban J connectivity index is 1.50. The van der Waals surface area contributed by atoms with E-state index >= 15 is 0 Å². The van der Waals surface area contributed by atoms with E-state index in [4.69, 9.17) is 9.47 Å². The lowest BCUT2D eigenvalue weighted by Crippen LogP contribution is -2.36. The van der Waals surface area contributed by atoms with Crippen LogP contribution in [-0.4, -0.2) is 19.7 Å². The first-order valence-corrected chi connectivity index (χ1v) is 10.6. The van der Waals surface area contributed by atoms with Crippen LogP contribution in [0, 0.1) is 0 Å². The number of fused-ring (bicyclic) bond motifs is 4. The van der Waals surface area contributed by atoms with E-state index in [2.05, 4.69) is 48.2 Å². The van der Waals surface area contributed by atoms with Crippen LogP contribution in [0.2, 0.25) is 0 Å². The van der Waals surface area contributed by atoms with Gasteiger partial charge in [-0.1, -0.05) is 56.2 Å². The van der Waals surface area contributed by atoms with Crippen LogP contribution in [0.15, 0.2) is 72.8 Å². The largest absolute Gasteiger partial charge is 0.492 e. The molecule has 29 heavy (non-hydrogen) atoms. The zero-order chi connectivity index (χ0) is 19.7. The van der Waals surface area contributed by atoms with Gasteiger partial charge in [0.15, 0.2) is 0 Å². The number of anilines is 1. The highest BCUT2D eigenvalue weighted by Crippen LogP contribution is 2.52. The number of para-hydroxylation sites is 2. The summed E-state index contributed by atoms with van der Waals surface area (Å²) in [7, 11) is 0. The second-order valence-electron chi connectivity index (χ2n) is 8.09. The van der Waals surface area contributed by atoms with Crippen molar-refractivity contribution in [2.45, 2.75) is 31.6 Å². The molecule has 0 radical (unpaired) electrons. The summed E-state index contributed by atoms with van der Waals surface area (Å²) in [4.78, 5) is 2.55. The van der Waals surface area contributed by atoms with Crippen LogP contribution >= 0.6 is 0 Å². The molecule has 1 spiro atoms. The Hall–Kier alpha value is -2.94. The van der Waals surface area contributed by atoms with Gasteiger partial charge in [-0.05, 0) is 48.4 Å². The maximum absolute atomic E-state index is 6.19. The van der Waals surface area contributed by atoms with Gasteiger partial charge in [-0.2, -0.15) is 0 Å². The summed E-state index contributed by atoms with van der Waals surface area (Å²) in [5.41, 5.74) is 3.87. The van der Waals surface area contributed by atoms with Crippen molar-refractivity contribution in [1.82, 2.24) is 0 Å². The number of ether oxygens (including phenoxy) is 2. The topological polar surface area (TPSA) is 21.7 Å². The molecule has 3 aromatic rings. The van der Waals surface area contributed by atoms with Crippen molar-refractivity contribution in [3.63, 3.8) is 0 Å². The maximum atomic E-state index is 6.19. The van der Waals surface area contributed by atoms with Gasteiger partial charge in [0.25, 0.3) is 0 Å². The fourth-order valence-corrected chi connectivity index (χ4v) is 4.73. The first-order valence-electron chi connectivity index (χ1n) is 10.6. The molecular weight excluding hydrogens is 358 g/mol. The first kappa shape index (κ1) is 18.1.